The Morgan fingerprint density at radius 3 is 3.05 bits per heavy atom. The van der Waals surface area contributed by atoms with E-state index in [0.717, 1.165) is 38.6 Å². The molecule has 6 nitrogen and oxygen atoms in total. The highest BCUT2D eigenvalue weighted by Gasteiger charge is 2.28. The van der Waals surface area contributed by atoms with E-state index in [1.165, 1.54) is 0 Å². The lowest BCUT2D eigenvalue weighted by Crippen LogP contribution is -2.40. The van der Waals surface area contributed by atoms with Crippen LogP contribution in [-0.2, 0) is 17.8 Å². The summed E-state index contributed by atoms with van der Waals surface area (Å²) in [5, 5.41) is 13.2. The van der Waals surface area contributed by atoms with E-state index < -0.39 is 12.0 Å². The molecule has 1 aliphatic rings. The lowest BCUT2D eigenvalue weighted by molar-refractivity contribution is -0.143. The zero-order chi connectivity index (χ0) is 13.7. The van der Waals surface area contributed by atoms with E-state index >= 15 is 0 Å². The highest BCUT2D eigenvalue weighted by Crippen LogP contribution is 2.19. The van der Waals surface area contributed by atoms with Crippen LogP contribution in [-0.4, -0.2) is 38.7 Å². The topological polar surface area (TPSA) is 79.5 Å². The van der Waals surface area contributed by atoms with E-state index in [9.17, 15) is 9.90 Å². The first kappa shape index (κ1) is 14.0. The Morgan fingerprint density at radius 1 is 1.47 bits per heavy atom. The monoisotopic (exact) mass is 267 g/mol. The van der Waals surface area contributed by atoms with E-state index in [-0.39, 0.29) is 0 Å². The van der Waals surface area contributed by atoms with E-state index in [4.69, 9.17) is 4.52 Å². The Bertz CT molecular complexity index is 419. The fraction of sp³-hybridized carbons (Fsp3) is 0.769. The van der Waals surface area contributed by atoms with Gasteiger partial charge in [0.2, 0.25) is 5.89 Å². The molecule has 0 bridgehead atoms. The molecule has 0 aromatic carbocycles. The number of carboxylic acids is 1. The molecule has 2 heterocycles. The Balaban J connectivity index is 2.02. The molecule has 1 N–H and O–H groups in total. The van der Waals surface area contributed by atoms with Gasteiger partial charge in [-0.25, -0.2) is 0 Å². The number of aromatic nitrogens is 2. The minimum absolute atomic E-state index is 0.427. The molecule has 2 rings (SSSR count). The van der Waals surface area contributed by atoms with Crippen LogP contribution in [0.4, 0.5) is 0 Å². The van der Waals surface area contributed by atoms with Crippen molar-refractivity contribution < 1.29 is 14.4 Å². The van der Waals surface area contributed by atoms with Gasteiger partial charge in [-0.05, 0) is 25.8 Å². The van der Waals surface area contributed by atoms with Crippen LogP contribution in [0.1, 0.15) is 50.7 Å². The van der Waals surface area contributed by atoms with Crippen molar-refractivity contribution in [2.24, 2.45) is 0 Å². The van der Waals surface area contributed by atoms with Crippen LogP contribution in [0.5, 0.6) is 0 Å². The molecule has 1 unspecified atom stereocenters. The second-order valence-corrected chi connectivity index (χ2v) is 5.03. The number of aliphatic carboxylic acids is 1. The number of likely N-dealkylation sites (tertiary alicyclic amines) is 1. The third-order valence-electron chi connectivity index (χ3n) is 3.47. The Kier molecular flexibility index (Phi) is 4.90. The number of nitrogens with zero attached hydrogens (tertiary/aromatic N) is 3. The fourth-order valence-corrected chi connectivity index (χ4v) is 2.49. The summed E-state index contributed by atoms with van der Waals surface area (Å²) in [5.74, 6) is 0.478. The molecule has 0 spiro atoms. The van der Waals surface area contributed by atoms with Crippen molar-refractivity contribution in [1.29, 1.82) is 0 Å². The molecule has 0 amide bonds. The number of hydrogen-bond acceptors (Lipinski definition) is 5. The normalized spacial score (nSPS) is 21.2. The zero-order valence-corrected chi connectivity index (χ0v) is 11.3. The predicted octanol–water partition coefficient (Wildman–Crippen LogP) is 1.85. The van der Waals surface area contributed by atoms with Crippen molar-refractivity contribution in [1.82, 2.24) is 15.0 Å². The minimum Gasteiger partial charge on any atom is -0.480 e. The lowest BCUT2D eigenvalue weighted by atomic mass is 10.1. The van der Waals surface area contributed by atoms with Crippen LogP contribution in [0.3, 0.4) is 0 Å². The average Bonchev–Trinajstić information content (AvgIpc) is 2.67. The zero-order valence-electron chi connectivity index (χ0n) is 11.3. The largest absolute Gasteiger partial charge is 0.480 e. The van der Waals surface area contributed by atoms with Gasteiger partial charge in [0.05, 0.1) is 6.54 Å². The maximum absolute atomic E-state index is 11.3. The standard InChI is InChI=1S/C13H21N3O3/c1-2-6-11-14-12(19-15-11)9-16-8-5-3-4-7-10(16)13(17)18/h10H,2-9H2,1H3,(H,17,18). The third kappa shape index (κ3) is 3.76. The first-order chi connectivity index (χ1) is 9.20. The predicted molar refractivity (Wildman–Crippen MR) is 68.6 cm³/mol. The quantitative estimate of drug-likeness (QED) is 0.877. The van der Waals surface area contributed by atoms with Gasteiger partial charge >= 0.3 is 5.97 Å². The Morgan fingerprint density at radius 2 is 2.32 bits per heavy atom. The molecular formula is C13H21N3O3. The number of carboxylic acid groups (broad SMARTS) is 1. The number of rotatable bonds is 5. The van der Waals surface area contributed by atoms with Gasteiger partial charge in [0, 0.05) is 6.42 Å². The highest BCUT2D eigenvalue weighted by molar-refractivity contribution is 5.73. The summed E-state index contributed by atoms with van der Waals surface area (Å²) in [5.41, 5.74) is 0. The molecule has 1 aromatic rings. The van der Waals surface area contributed by atoms with Gasteiger partial charge in [-0.1, -0.05) is 24.9 Å². The van der Waals surface area contributed by atoms with Crippen LogP contribution in [0.2, 0.25) is 0 Å². The SMILES string of the molecule is CCCc1noc(CN2CCCCCC2C(=O)O)n1. The molecule has 1 fully saturated rings. The van der Waals surface area contributed by atoms with Crippen LogP contribution >= 0.6 is 0 Å². The van der Waals surface area contributed by atoms with Crippen LogP contribution in [0.15, 0.2) is 4.52 Å². The van der Waals surface area contributed by atoms with Gasteiger partial charge in [-0.2, -0.15) is 4.98 Å². The van der Waals surface area contributed by atoms with Crippen LogP contribution in [0, 0.1) is 0 Å². The average molecular weight is 267 g/mol. The summed E-state index contributed by atoms with van der Waals surface area (Å²) in [6.07, 6.45) is 5.56. The Hall–Kier alpha value is -1.43. The van der Waals surface area contributed by atoms with Gasteiger partial charge in [-0.3, -0.25) is 9.69 Å². The van der Waals surface area contributed by atoms with E-state index in [1.54, 1.807) is 0 Å². The molecule has 1 aliphatic heterocycles. The summed E-state index contributed by atoms with van der Waals surface area (Å²) < 4.78 is 5.19. The van der Waals surface area contributed by atoms with Crippen LogP contribution in [0.25, 0.3) is 0 Å². The first-order valence-corrected chi connectivity index (χ1v) is 6.99. The summed E-state index contributed by atoms with van der Waals surface area (Å²) in [6.45, 7) is 3.28. The van der Waals surface area contributed by atoms with E-state index in [0.29, 0.717) is 24.7 Å². The van der Waals surface area contributed by atoms with Crippen molar-refractivity contribution in [2.75, 3.05) is 6.54 Å². The summed E-state index contributed by atoms with van der Waals surface area (Å²) in [4.78, 5) is 17.6. The third-order valence-corrected chi connectivity index (χ3v) is 3.47. The maximum atomic E-state index is 11.3. The molecule has 1 aromatic heterocycles. The Labute approximate surface area is 112 Å². The van der Waals surface area contributed by atoms with Gasteiger partial charge in [0.1, 0.15) is 6.04 Å². The van der Waals surface area contributed by atoms with Crippen molar-refractivity contribution in [3.05, 3.63) is 11.7 Å². The van der Waals surface area contributed by atoms with Crippen molar-refractivity contribution in [3.8, 4) is 0 Å². The van der Waals surface area contributed by atoms with Crippen molar-refractivity contribution >= 4 is 5.97 Å². The number of aryl methyl sites for hydroxylation is 1. The highest BCUT2D eigenvalue weighted by atomic mass is 16.5. The second-order valence-electron chi connectivity index (χ2n) is 5.03. The molecule has 1 saturated heterocycles. The summed E-state index contributed by atoms with van der Waals surface area (Å²) in [6, 6.07) is -0.427. The van der Waals surface area contributed by atoms with Crippen molar-refractivity contribution in [3.63, 3.8) is 0 Å². The van der Waals surface area contributed by atoms with E-state index in [2.05, 4.69) is 17.1 Å². The van der Waals surface area contributed by atoms with Gasteiger partial charge in [0.15, 0.2) is 5.82 Å². The lowest BCUT2D eigenvalue weighted by Gasteiger charge is -2.24. The summed E-state index contributed by atoms with van der Waals surface area (Å²) >= 11 is 0. The second kappa shape index (κ2) is 6.65. The molecule has 19 heavy (non-hydrogen) atoms. The molecule has 1 atom stereocenters. The number of hydrogen-bond donors (Lipinski definition) is 1. The molecule has 0 radical (unpaired) electrons. The van der Waals surface area contributed by atoms with E-state index in [1.807, 2.05) is 4.90 Å². The maximum Gasteiger partial charge on any atom is 0.320 e. The molecule has 0 saturated carbocycles. The smallest absolute Gasteiger partial charge is 0.320 e. The molecular weight excluding hydrogens is 246 g/mol. The first-order valence-electron chi connectivity index (χ1n) is 6.99. The van der Waals surface area contributed by atoms with Crippen molar-refractivity contribution in [2.45, 2.75) is 58.0 Å². The minimum atomic E-state index is -0.754. The fourth-order valence-electron chi connectivity index (χ4n) is 2.49. The molecule has 0 aliphatic carbocycles. The van der Waals surface area contributed by atoms with Gasteiger partial charge < -0.3 is 9.63 Å². The van der Waals surface area contributed by atoms with Gasteiger partial charge in [0.25, 0.3) is 0 Å². The van der Waals surface area contributed by atoms with Gasteiger partial charge in [-0.15, -0.1) is 0 Å². The summed E-state index contributed by atoms with van der Waals surface area (Å²) in [7, 11) is 0. The molecule has 106 valence electrons. The number of carbonyl (C=O) groups is 1. The van der Waals surface area contributed by atoms with Crippen LogP contribution < -0.4 is 0 Å². The molecule has 6 heteroatoms.